The van der Waals surface area contributed by atoms with Crippen LogP contribution >= 0.6 is 0 Å². The molecule has 1 aliphatic heterocycles. The first-order valence-electron chi connectivity index (χ1n) is 11.1. The van der Waals surface area contributed by atoms with E-state index in [0.717, 1.165) is 29.7 Å². The van der Waals surface area contributed by atoms with Crippen molar-refractivity contribution in [2.45, 2.75) is 32.7 Å². The molecule has 3 rings (SSSR count). The standard InChI is InChI=1S/C25H31FN4O3/c1-17-5-4-6-18(2)24(17)28-22(31)15-29(3)23(32)16-30-13-11-21(12-14-30)27-25(33)19-7-9-20(26)10-8-19/h4-10,21H,11-16H2,1-3H3,(H,27,33)(H,28,31). The molecule has 1 aliphatic rings. The summed E-state index contributed by atoms with van der Waals surface area (Å²) in [4.78, 5) is 40.8. The molecule has 0 aliphatic carbocycles. The van der Waals surface area contributed by atoms with Gasteiger partial charge in [-0.05, 0) is 62.1 Å². The topological polar surface area (TPSA) is 81.8 Å². The van der Waals surface area contributed by atoms with E-state index >= 15 is 0 Å². The van der Waals surface area contributed by atoms with E-state index in [1.54, 1.807) is 7.05 Å². The van der Waals surface area contributed by atoms with Crippen molar-refractivity contribution in [3.05, 3.63) is 65.0 Å². The molecule has 0 spiro atoms. The molecule has 176 valence electrons. The fourth-order valence-electron chi connectivity index (χ4n) is 3.91. The summed E-state index contributed by atoms with van der Waals surface area (Å²) in [5.74, 6) is -0.956. The van der Waals surface area contributed by atoms with E-state index in [9.17, 15) is 18.8 Å². The van der Waals surface area contributed by atoms with Gasteiger partial charge in [-0.3, -0.25) is 19.3 Å². The number of nitrogens with zero attached hydrogens (tertiary/aromatic N) is 2. The molecule has 0 saturated carbocycles. The molecule has 0 unspecified atom stereocenters. The van der Waals surface area contributed by atoms with Gasteiger partial charge in [0.2, 0.25) is 11.8 Å². The Morgan fingerprint density at radius 3 is 2.24 bits per heavy atom. The third kappa shape index (κ3) is 6.86. The molecule has 2 N–H and O–H groups in total. The zero-order chi connectivity index (χ0) is 24.0. The highest BCUT2D eigenvalue weighted by molar-refractivity contribution is 5.96. The summed E-state index contributed by atoms with van der Waals surface area (Å²) >= 11 is 0. The first kappa shape index (κ1) is 24.4. The Morgan fingerprint density at radius 1 is 1.03 bits per heavy atom. The highest BCUT2D eigenvalue weighted by Gasteiger charge is 2.24. The second-order valence-electron chi connectivity index (χ2n) is 8.60. The first-order valence-corrected chi connectivity index (χ1v) is 11.1. The van der Waals surface area contributed by atoms with Crippen LogP contribution in [-0.4, -0.2) is 66.8 Å². The summed E-state index contributed by atoms with van der Waals surface area (Å²) in [7, 11) is 1.63. The lowest BCUT2D eigenvalue weighted by atomic mass is 10.0. The highest BCUT2D eigenvalue weighted by atomic mass is 19.1. The lowest BCUT2D eigenvalue weighted by Gasteiger charge is -2.32. The van der Waals surface area contributed by atoms with Crippen molar-refractivity contribution in [3.8, 4) is 0 Å². The van der Waals surface area contributed by atoms with Gasteiger partial charge in [-0.25, -0.2) is 4.39 Å². The summed E-state index contributed by atoms with van der Waals surface area (Å²) in [6, 6.07) is 11.3. The molecule has 33 heavy (non-hydrogen) atoms. The number of amides is 3. The molecular weight excluding hydrogens is 423 g/mol. The van der Waals surface area contributed by atoms with Gasteiger partial charge in [-0.15, -0.1) is 0 Å². The molecule has 2 aromatic carbocycles. The van der Waals surface area contributed by atoms with Crippen LogP contribution < -0.4 is 10.6 Å². The zero-order valence-corrected chi connectivity index (χ0v) is 19.4. The van der Waals surface area contributed by atoms with Gasteiger partial charge in [0, 0.05) is 37.4 Å². The number of rotatable bonds is 7. The van der Waals surface area contributed by atoms with Gasteiger partial charge in [0.1, 0.15) is 5.82 Å². The molecule has 1 saturated heterocycles. The maximum atomic E-state index is 13.0. The fraction of sp³-hybridized carbons (Fsp3) is 0.400. The monoisotopic (exact) mass is 454 g/mol. The van der Waals surface area contributed by atoms with Crippen LogP contribution in [0.25, 0.3) is 0 Å². The minimum Gasteiger partial charge on any atom is -0.349 e. The number of hydrogen-bond donors (Lipinski definition) is 2. The molecule has 0 atom stereocenters. The van der Waals surface area contributed by atoms with Crippen molar-refractivity contribution >= 4 is 23.4 Å². The Labute approximate surface area is 193 Å². The van der Waals surface area contributed by atoms with Crippen LogP contribution in [0.15, 0.2) is 42.5 Å². The number of halogens is 1. The zero-order valence-electron chi connectivity index (χ0n) is 19.4. The van der Waals surface area contributed by atoms with E-state index in [1.165, 1.54) is 29.2 Å². The van der Waals surface area contributed by atoms with Gasteiger partial charge < -0.3 is 15.5 Å². The number of carbonyl (C=O) groups is 3. The second-order valence-corrected chi connectivity index (χ2v) is 8.60. The minimum atomic E-state index is -0.378. The number of piperidine rings is 1. The van der Waals surface area contributed by atoms with Crippen molar-refractivity contribution in [2.75, 3.05) is 38.5 Å². The summed E-state index contributed by atoms with van der Waals surface area (Å²) < 4.78 is 13.0. The van der Waals surface area contributed by atoms with Gasteiger partial charge >= 0.3 is 0 Å². The SMILES string of the molecule is Cc1cccc(C)c1NC(=O)CN(C)C(=O)CN1CCC(NC(=O)c2ccc(F)cc2)CC1. The quantitative estimate of drug-likeness (QED) is 0.674. The number of anilines is 1. The summed E-state index contributed by atoms with van der Waals surface area (Å²) in [6.07, 6.45) is 1.44. The third-order valence-electron chi connectivity index (χ3n) is 5.94. The Morgan fingerprint density at radius 2 is 1.64 bits per heavy atom. The summed E-state index contributed by atoms with van der Waals surface area (Å²) in [5, 5.41) is 5.87. The van der Waals surface area contributed by atoms with Gasteiger partial charge in [0.25, 0.3) is 5.91 Å². The van der Waals surface area contributed by atoms with Crippen LogP contribution in [0, 0.1) is 19.7 Å². The van der Waals surface area contributed by atoms with Gasteiger partial charge in [-0.2, -0.15) is 0 Å². The van der Waals surface area contributed by atoms with E-state index in [2.05, 4.69) is 10.6 Å². The van der Waals surface area contributed by atoms with Crippen LogP contribution in [-0.2, 0) is 9.59 Å². The number of para-hydroxylation sites is 1. The Hall–Kier alpha value is -3.26. The average molecular weight is 455 g/mol. The van der Waals surface area contributed by atoms with E-state index < -0.39 is 0 Å². The number of likely N-dealkylation sites (N-methyl/N-ethyl adjacent to an activating group) is 1. The number of benzene rings is 2. The Bertz CT molecular complexity index is 981. The predicted molar refractivity (Wildman–Crippen MR) is 126 cm³/mol. The molecule has 8 heteroatoms. The fourth-order valence-corrected chi connectivity index (χ4v) is 3.91. The van der Waals surface area contributed by atoms with Gasteiger partial charge in [0.15, 0.2) is 0 Å². The molecule has 1 fully saturated rings. The molecule has 3 amide bonds. The minimum absolute atomic E-state index is 0.00904. The summed E-state index contributed by atoms with van der Waals surface area (Å²) in [5.41, 5.74) is 3.17. The van der Waals surface area contributed by atoms with Crippen LogP contribution in [0.2, 0.25) is 0 Å². The van der Waals surface area contributed by atoms with Crippen LogP contribution in [0.4, 0.5) is 10.1 Å². The number of aryl methyl sites for hydroxylation is 2. The molecule has 0 radical (unpaired) electrons. The maximum Gasteiger partial charge on any atom is 0.251 e. The normalized spacial score (nSPS) is 14.5. The smallest absolute Gasteiger partial charge is 0.251 e. The predicted octanol–water partition coefficient (Wildman–Crippen LogP) is 2.73. The van der Waals surface area contributed by atoms with Crippen molar-refractivity contribution in [2.24, 2.45) is 0 Å². The van der Waals surface area contributed by atoms with Crippen molar-refractivity contribution in [1.82, 2.24) is 15.1 Å². The second kappa shape index (κ2) is 11.0. The molecule has 0 aromatic heterocycles. The van der Waals surface area contributed by atoms with Crippen molar-refractivity contribution < 1.29 is 18.8 Å². The van der Waals surface area contributed by atoms with E-state index in [0.29, 0.717) is 18.7 Å². The first-order chi connectivity index (χ1) is 15.7. The molecular formula is C25H31FN4O3. The maximum absolute atomic E-state index is 13.0. The molecule has 0 bridgehead atoms. The van der Waals surface area contributed by atoms with Gasteiger partial charge in [-0.1, -0.05) is 18.2 Å². The van der Waals surface area contributed by atoms with Crippen LogP contribution in [0.3, 0.4) is 0 Å². The molecule has 7 nitrogen and oxygen atoms in total. The third-order valence-corrected chi connectivity index (χ3v) is 5.94. The lowest BCUT2D eigenvalue weighted by Crippen LogP contribution is -2.48. The molecule has 1 heterocycles. The van der Waals surface area contributed by atoms with Crippen LogP contribution in [0.1, 0.15) is 34.3 Å². The van der Waals surface area contributed by atoms with Crippen molar-refractivity contribution in [3.63, 3.8) is 0 Å². The number of hydrogen-bond acceptors (Lipinski definition) is 4. The van der Waals surface area contributed by atoms with Gasteiger partial charge in [0.05, 0.1) is 13.1 Å². The van der Waals surface area contributed by atoms with E-state index in [4.69, 9.17) is 0 Å². The Balaban J connectivity index is 1.41. The highest BCUT2D eigenvalue weighted by Crippen LogP contribution is 2.19. The van der Waals surface area contributed by atoms with E-state index in [1.807, 2.05) is 36.9 Å². The lowest BCUT2D eigenvalue weighted by molar-refractivity contribution is -0.134. The van der Waals surface area contributed by atoms with E-state index in [-0.39, 0.29) is 42.7 Å². The number of nitrogens with one attached hydrogen (secondary N) is 2. The Kier molecular flexibility index (Phi) is 8.16. The number of likely N-dealkylation sites (tertiary alicyclic amines) is 1. The largest absolute Gasteiger partial charge is 0.349 e. The van der Waals surface area contributed by atoms with Crippen LogP contribution in [0.5, 0.6) is 0 Å². The van der Waals surface area contributed by atoms with Crippen molar-refractivity contribution in [1.29, 1.82) is 0 Å². The average Bonchev–Trinajstić information content (AvgIpc) is 2.78. The number of carbonyl (C=O) groups excluding carboxylic acids is 3. The molecule has 2 aromatic rings. The summed E-state index contributed by atoms with van der Waals surface area (Å²) in [6.45, 7) is 5.42.